The molecule has 8 nitrogen and oxygen atoms in total. The molecule has 0 radical (unpaired) electrons. The van der Waals surface area contributed by atoms with Crippen LogP contribution in [0.4, 0.5) is 10.9 Å². The molecule has 2 fully saturated rings. The van der Waals surface area contributed by atoms with Gasteiger partial charge in [-0.05, 0) is 25.0 Å². The fraction of sp³-hybridized carbons (Fsp3) is 0.550. The zero-order valence-corrected chi connectivity index (χ0v) is 17.5. The van der Waals surface area contributed by atoms with Crippen molar-refractivity contribution in [2.24, 2.45) is 0 Å². The zero-order valence-electron chi connectivity index (χ0n) is 16.6. The number of hydrogen-bond acceptors (Lipinski definition) is 7. The molecule has 0 unspecified atom stereocenters. The van der Waals surface area contributed by atoms with E-state index in [0.29, 0.717) is 30.4 Å². The third kappa shape index (κ3) is 4.72. The van der Waals surface area contributed by atoms with Crippen molar-refractivity contribution in [2.45, 2.75) is 44.9 Å². The maximum atomic E-state index is 12.8. The third-order valence-electron chi connectivity index (χ3n) is 5.53. The van der Waals surface area contributed by atoms with Crippen LogP contribution in [-0.2, 0) is 4.79 Å². The summed E-state index contributed by atoms with van der Waals surface area (Å²) in [6.07, 6.45) is 7.91. The first-order chi connectivity index (χ1) is 14.1. The van der Waals surface area contributed by atoms with E-state index < -0.39 is 0 Å². The van der Waals surface area contributed by atoms with Gasteiger partial charge in [-0.25, -0.2) is 4.98 Å². The Morgan fingerprint density at radius 3 is 2.59 bits per heavy atom. The van der Waals surface area contributed by atoms with Crippen LogP contribution >= 0.6 is 11.3 Å². The SMILES string of the molecule is CC(=O)Nc1cc(C(=O)N2CCN(c3nnc(C4CCCCC4)s3)CC2)ccn1. The fourth-order valence-electron chi connectivity index (χ4n) is 3.96. The Kier molecular flexibility index (Phi) is 6.03. The molecule has 29 heavy (non-hydrogen) atoms. The summed E-state index contributed by atoms with van der Waals surface area (Å²) >= 11 is 1.71. The van der Waals surface area contributed by atoms with Gasteiger partial charge in [0.25, 0.3) is 5.91 Å². The first kappa shape index (κ1) is 19.8. The molecule has 2 aromatic heterocycles. The molecule has 1 aliphatic heterocycles. The van der Waals surface area contributed by atoms with Crippen LogP contribution in [0, 0.1) is 0 Å². The van der Waals surface area contributed by atoms with Gasteiger partial charge in [0, 0.05) is 50.8 Å². The van der Waals surface area contributed by atoms with Crippen molar-refractivity contribution >= 4 is 34.1 Å². The average molecular weight is 415 g/mol. The van der Waals surface area contributed by atoms with E-state index in [0.717, 1.165) is 18.2 Å². The molecular formula is C20H26N6O2S. The first-order valence-electron chi connectivity index (χ1n) is 10.2. The fourth-order valence-corrected chi connectivity index (χ4v) is 5.03. The van der Waals surface area contributed by atoms with Crippen molar-refractivity contribution in [2.75, 3.05) is 36.4 Å². The van der Waals surface area contributed by atoms with Crippen molar-refractivity contribution in [3.05, 3.63) is 28.9 Å². The molecule has 1 saturated carbocycles. The summed E-state index contributed by atoms with van der Waals surface area (Å²) < 4.78 is 0. The third-order valence-corrected chi connectivity index (χ3v) is 6.68. The Morgan fingerprint density at radius 1 is 1.10 bits per heavy atom. The minimum Gasteiger partial charge on any atom is -0.343 e. The van der Waals surface area contributed by atoms with Gasteiger partial charge in [-0.2, -0.15) is 0 Å². The van der Waals surface area contributed by atoms with Crippen LogP contribution in [0.1, 0.15) is 60.3 Å². The number of hydrogen-bond donors (Lipinski definition) is 1. The number of pyridine rings is 1. The van der Waals surface area contributed by atoms with Crippen molar-refractivity contribution < 1.29 is 9.59 Å². The lowest BCUT2D eigenvalue weighted by molar-refractivity contribution is -0.114. The van der Waals surface area contributed by atoms with Gasteiger partial charge >= 0.3 is 0 Å². The van der Waals surface area contributed by atoms with E-state index in [9.17, 15) is 9.59 Å². The van der Waals surface area contributed by atoms with Gasteiger partial charge in [0.05, 0.1) is 0 Å². The molecule has 2 aliphatic rings. The van der Waals surface area contributed by atoms with Crippen LogP contribution in [0.25, 0.3) is 0 Å². The molecule has 0 spiro atoms. The second-order valence-corrected chi connectivity index (χ2v) is 8.64. The van der Waals surface area contributed by atoms with Crippen LogP contribution in [-0.4, -0.2) is 58.1 Å². The Morgan fingerprint density at radius 2 is 1.86 bits per heavy atom. The minimum atomic E-state index is -0.208. The Hall–Kier alpha value is -2.55. The van der Waals surface area contributed by atoms with Crippen molar-refractivity contribution in [3.8, 4) is 0 Å². The van der Waals surface area contributed by atoms with Crippen molar-refractivity contribution in [3.63, 3.8) is 0 Å². The number of nitrogens with one attached hydrogen (secondary N) is 1. The predicted octanol–water partition coefficient (Wildman–Crippen LogP) is 2.90. The summed E-state index contributed by atoms with van der Waals surface area (Å²) in [5, 5.41) is 13.6. The van der Waals surface area contributed by atoms with Gasteiger partial charge in [-0.3, -0.25) is 9.59 Å². The summed E-state index contributed by atoms with van der Waals surface area (Å²) in [7, 11) is 0. The van der Waals surface area contributed by atoms with Gasteiger partial charge in [0.1, 0.15) is 10.8 Å². The Balaban J connectivity index is 1.35. The lowest BCUT2D eigenvalue weighted by atomic mass is 9.90. The lowest BCUT2D eigenvalue weighted by Crippen LogP contribution is -2.48. The van der Waals surface area contributed by atoms with E-state index in [4.69, 9.17) is 0 Å². The Bertz CT molecular complexity index is 871. The van der Waals surface area contributed by atoms with Gasteiger partial charge < -0.3 is 15.1 Å². The summed E-state index contributed by atoms with van der Waals surface area (Å²) in [5.41, 5.74) is 0.535. The second-order valence-electron chi connectivity index (χ2n) is 7.65. The van der Waals surface area contributed by atoms with Crippen molar-refractivity contribution in [1.29, 1.82) is 0 Å². The van der Waals surface area contributed by atoms with Gasteiger partial charge in [-0.15, -0.1) is 10.2 Å². The van der Waals surface area contributed by atoms with Crippen LogP contribution in [0.15, 0.2) is 18.3 Å². The molecule has 2 amide bonds. The monoisotopic (exact) mass is 414 g/mol. The number of nitrogens with zero attached hydrogens (tertiary/aromatic N) is 5. The average Bonchev–Trinajstić information content (AvgIpc) is 3.24. The summed E-state index contributed by atoms with van der Waals surface area (Å²) in [5.74, 6) is 0.715. The molecule has 154 valence electrons. The summed E-state index contributed by atoms with van der Waals surface area (Å²) in [4.78, 5) is 32.2. The molecule has 0 bridgehead atoms. The van der Waals surface area contributed by atoms with Gasteiger partial charge in [0.2, 0.25) is 11.0 Å². The lowest BCUT2D eigenvalue weighted by Gasteiger charge is -2.34. The van der Waals surface area contributed by atoms with Gasteiger partial charge in [0.15, 0.2) is 0 Å². The highest BCUT2D eigenvalue weighted by Crippen LogP contribution is 2.36. The second kappa shape index (κ2) is 8.86. The number of rotatable bonds is 4. The van der Waals surface area contributed by atoms with E-state index in [1.807, 2.05) is 4.90 Å². The number of amides is 2. The Labute approximate surface area is 174 Å². The number of piperazine rings is 1. The molecule has 4 rings (SSSR count). The first-order valence-corrected chi connectivity index (χ1v) is 11.0. The van der Waals surface area contributed by atoms with Crippen LogP contribution in [0.3, 0.4) is 0 Å². The number of carbonyl (C=O) groups excluding carboxylic acids is 2. The van der Waals surface area contributed by atoms with Gasteiger partial charge in [-0.1, -0.05) is 30.6 Å². The maximum absolute atomic E-state index is 12.8. The van der Waals surface area contributed by atoms with Crippen LogP contribution < -0.4 is 10.2 Å². The normalized spacial score (nSPS) is 18.0. The topological polar surface area (TPSA) is 91.3 Å². The van der Waals surface area contributed by atoms with E-state index in [1.165, 1.54) is 44.0 Å². The zero-order chi connectivity index (χ0) is 20.2. The molecule has 2 aromatic rings. The van der Waals surface area contributed by atoms with Crippen molar-refractivity contribution in [1.82, 2.24) is 20.1 Å². The standard InChI is InChI=1S/C20H26N6O2S/c1-14(27)22-17-13-16(7-8-21-17)19(28)25-9-11-26(12-10-25)20-24-23-18(29-20)15-5-3-2-4-6-15/h7-8,13,15H,2-6,9-12H2,1H3,(H,21,22,27). The molecule has 3 heterocycles. The summed E-state index contributed by atoms with van der Waals surface area (Å²) in [6.45, 7) is 4.18. The quantitative estimate of drug-likeness (QED) is 0.827. The molecule has 0 atom stereocenters. The highest BCUT2D eigenvalue weighted by molar-refractivity contribution is 7.15. The van der Waals surface area contributed by atoms with E-state index in [1.54, 1.807) is 29.7 Å². The van der Waals surface area contributed by atoms with E-state index in [2.05, 4.69) is 25.4 Å². The minimum absolute atomic E-state index is 0.0428. The number of aromatic nitrogens is 3. The van der Waals surface area contributed by atoms with Crippen LogP contribution in [0.2, 0.25) is 0 Å². The smallest absolute Gasteiger partial charge is 0.254 e. The highest BCUT2D eigenvalue weighted by atomic mass is 32.1. The molecule has 9 heteroatoms. The number of anilines is 2. The highest BCUT2D eigenvalue weighted by Gasteiger charge is 2.26. The molecular weight excluding hydrogens is 388 g/mol. The van der Waals surface area contributed by atoms with E-state index >= 15 is 0 Å². The molecule has 1 saturated heterocycles. The van der Waals surface area contributed by atoms with E-state index in [-0.39, 0.29) is 11.8 Å². The molecule has 0 aromatic carbocycles. The van der Waals surface area contributed by atoms with Crippen LogP contribution in [0.5, 0.6) is 0 Å². The maximum Gasteiger partial charge on any atom is 0.254 e. The number of carbonyl (C=O) groups is 2. The summed E-state index contributed by atoms with van der Waals surface area (Å²) in [6, 6.07) is 3.30. The molecule has 1 aliphatic carbocycles. The predicted molar refractivity (Wildman–Crippen MR) is 112 cm³/mol. The molecule has 1 N–H and O–H groups in total. The largest absolute Gasteiger partial charge is 0.343 e.